The maximum Gasteiger partial charge on any atom is 0.126 e. The molecule has 1 atom stereocenters. The molecule has 3 heteroatoms. The molecular formula is C13H14F2O. The largest absolute Gasteiger partial charge is 0.384 e. The van der Waals surface area contributed by atoms with Crippen molar-refractivity contribution < 1.29 is 13.9 Å². The van der Waals surface area contributed by atoms with Gasteiger partial charge in [-0.2, -0.15) is 0 Å². The summed E-state index contributed by atoms with van der Waals surface area (Å²) in [5, 5.41) is 9.99. The summed E-state index contributed by atoms with van der Waals surface area (Å²) in [5.41, 5.74) is 1.17. The number of hydrogen-bond donors (Lipinski definition) is 1. The molecule has 1 aliphatic rings. The average Bonchev–Trinajstić information content (AvgIpc) is 2.28. The van der Waals surface area contributed by atoms with Crippen molar-refractivity contribution in [2.24, 2.45) is 0 Å². The van der Waals surface area contributed by atoms with E-state index in [0.717, 1.165) is 37.3 Å². The third-order valence-corrected chi connectivity index (χ3v) is 2.88. The molecule has 0 aliphatic heterocycles. The standard InChI is InChI=1S/C13H14F2O/c14-11-6-10(7-12(15)8-11)13(16)9-4-2-1-3-5-9/h4,6-8,13,16H,1-3,5H2. The summed E-state index contributed by atoms with van der Waals surface area (Å²) in [6, 6.07) is 3.18. The van der Waals surface area contributed by atoms with Crippen LogP contribution in [0.25, 0.3) is 0 Å². The minimum absolute atomic E-state index is 0.297. The Kier molecular flexibility index (Phi) is 3.34. The minimum Gasteiger partial charge on any atom is -0.384 e. The van der Waals surface area contributed by atoms with Crippen molar-refractivity contribution >= 4 is 0 Å². The zero-order valence-corrected chi connectivity index (χ0v) is 8.92. The van der Waals surface area contributed by atoms with Gasteiger partial charge < -0.3 is 5.11 Å². The van der Waals surface area contributed by atoms with Crippen molar-refractivity contribution in [2.45, 2.75) is 31.8 Å². The Morgan fingerprint density at radius 2 is 1.75 bits per heavy atom. The summed E-state index contributed by atoms with van der Waals surface area (Å²) >= 11 is 0. The summed E-state index contributed by atoms with van der Waals surface area (Å²) in [6.45, 7) is 0. The smallest absolute Gasteiger partial charge is 0.126 e. The molecule has 86 valence electrons. The van der Waals surface area contributed by atoms with E-state index in [-0.39, 0.29) is 0 Å². The molecule has 0 saturated heterocycles. The van der Waals surface area contributed by atoms with Crippen molar-refractivity contribution in [3.63, 3.8) is 0 Å². The Bertz CT molecular complexity index is 392. The lowest BCUT2D eigenvalue weighted by Gasteiger charge is -2.19. The molecule has 0 bridgehead atoms. The first kappa shape index (κ1) is 11.3. The van der Waals surface area contributed by atoms with Crippen LogP contribution in [0.3, 0.4) is 0 Å². The highest BCUT2D eigenvalue weighted by Gasteiger charge is 2.16. The Hall–Kier alpha value is -1.22. The highest BCUT2D eigenvalue weighted by molar-refractivity contribution is 5.28. The van der Waals surface area contributed by atoms with Crippen LogP contribution in [-0.4, -0.2) is 5.11 Å². The number of allylic oxidation sites excluding steroid dienone is 1. The average molecular weight is 224 g/mol. The molecule has 0 amide bonds. The van der Waals surface area contributed by atoms with E-state index in [0.29, 0.717) is 5.56 Å². The van der Waals surface area contributed by atoms with Crippen LogP contribution in [0.4, 0.5) is 8.78 Å². The first-order valence-corrected chi connectivity index (χ1v) is 5.50. The Morgan fingerprint density at radius 1 is 1.06 bits per heavy atom. The quantitative estimate of drug-likeness (QED) is 0.762. The second kappa shape index (κ2) is 4.74. The number of aliphatic hydroxyl groups excluding tert-OH is 1. The van der Waals surface area contributed by atoms with Gasteiger partial charge in [-0.3, -0.25) is 0 Å². The highest BCUT2D eigenvalue weighted by Crippen LogP contribution is 2.30. The van der Waals surface area contributed by atoms with Crippen LogP contribution in [0.1, 0.15) is 37.4 Å². The summed E-state index contributed by atoms with van der Waals surface area (Å²) in [7, 11) is 0. The van der Waals surface area contributed by atoms with E-state index >= 15 is 0 Å². The molecule has 1 N–H and O–H groups in total. The van der Waals surface area contributed by atoms with E-state index in [9.17, 15) is 13.9 Å². The van der Waals surface area contributed by atoms with Gasteiger partial charge in [-0.25, -0.2) is 8.78 Å². The van der Waals surface area contributed by atoms with Gasteiger partial charge in [0.1, 0.15) is 17.7 Å². The molecule has 1 nitrogen and oxygen atoms in total. The lowest BCUT2D eigenvalue weighted by molar-refractivity contribution is 0.207. The minimum atomic E-state index is -0.870. The number of aliphatic hydroxyl groups is 1. The van der Waals surface area contributed by atoms with Crippen LogP contribution in [0.5, 0.6) is 0 Å². The second-order valence-corrected chi connectivity index (χ2v) is 4.13. The molecule has 1 aliphatic carbocycles. The molecular weight excluding hydrogens is 210 g/mol. The second-order valence-electron chi connectivity index (χ2n) is 4.13. The Labute approximate surface area is 93.4 Å². The predicted molar refractivity (Wildman–Crippen MR) is 57.9 cm³/mol. The fraction of sp³-hybridized carbons (Fsp3) is 0.385. The van der Waals surface area contributed by atoms with Gasteiger partial charge in [0.15, 0.2) is 0 Å². The van der Waals surface area contributed by atoms with Crippen LogP contribution in [0.15, 0.2) is 29.8 Å². The number of benzene rings is 1. The molecule has 2 rings (SSSR count). The lowest BCUT2D eigenvalue weighted by Crippen LogP contribution is -2.05. The van der Waals surface area contributed by atoms with E-state index in [1.54, 1.807) is 0 Å². The fourth-order valence-electron chi connectivity index (χ4n) is 2.06. The normalized spacial score (nSPS) is 18.1. The van der Waals surface area contributed by atoms with Crippen LogP contribution in [0, 0.1) is 11.6 Å². The van der Waals surface area contributed by atoms with Gasteiger partial charge in [0.25, 0.3) is 0 Å². The molecule has 1 aromatic rings. The zero-order valence-electron chi connectivity index (χ0n) is 8.92. The van der Waals surface area contributed by atoms with Gasteiger partial charge in [0.05, 0.1) is 0 Å². The summed E-state index contributed by atoms with van der Waals surface area (Å²) in [5.74, 6) is -1.30. The summed E-state index contributed by atoms with van der Waals surface area (Å²) < 4.78 is 26.0. The van der Waals surface area contributed by atoms with Gasteiger partial charge in [-0.05, 0) is 49.0 Å². The maximum absolute atomic E-state index is 13.0. The van der Waals surface area contributed by atoms with Crippen LogP contribution >= 0.6 is 0 Å². The van der Waals surface area contributed by atoms with E-state index in [1.165, 1.54) is 12.1 Å². The van der Waals surface area contributed by atoms with Crippen molar-refractivity contribution in [2.75, 3.05) is 0 Å². The number of hydrogen-bond acceptors (Lipinski definition) is 1. The molecule has 0 spiro atoms. The topological polar surface area (TPSA) is 20.2 Å². The van der Waals surface area contributed by atoms with Crippen LogP contribution in [0.2, 0.25) is 0 Å². The third kappa shape index (κ3) is 2.47. The fourth-order valence-corrected chi connectivity index (χ4v) is 2.06. The lowest BCUT2D eigenvalue weighted by atomic mass is 9.92. The predicted octanol–water partition coefficient (Wildman–Crippen LogP) is 3.50. The highest BCUT2D eigenvalue weighted by atomic mass is 19.1. The van der Waals surface area contributed by atoms with E-state index < -0.39 is 17.7 Å². The third-order valence-electron chi connectivity index (χ3n) is 2.88. The van der Waals surface area contributed by atoms with Gasteiger partial charge in [-0.15, -0.1) is 0 Å². The number of rotatable bonds is 2. The van der Waals surface area contributed by atoms with Gasteiger partial charge in [0, 0.05) is 6.07 Å². The van der Waals surface area contributed by atoms with Crippen LogP contribution < -0.4 is 0 Å². The van der Waals surface area contributed by atoms with Gasteiger partial charge >= 0.3 is 0 Å². The van der Waals surface area contributed by atoms with Crippen molar-refractivity contribution in [1.29, 1.82) is 0 Å². The Morgan fingerprint density at radius 3 is 2.31 bits per heavy atom. The molecule has 0 heterocycles. The molecule has 0 fully saturated rings. The van der Waals surface area contributed by atoms with Crippen molar-refractivity contribution in [1.82, 2.24) is 0 Å². The molecule has 0 saturated carbocycles. The SMILES string of the molecule is OC(C1=CCCCC1)c1cc(F)cc(F)c1. The first-order valence-electron chi connectivity index (χ1n) is 5.50. The van der Waals surface area contributed by atoms with E-state index in [1.807, 2.05) is 6.08 Å². The molecule has 1 unspecified atom stereocenters. The monoisotopic (exact) mass is 224 g/mol. The summed E-state index contributed by atoms with van der Waals surface area (Å²) in [6.07, 6.45) is 4.99. The molecule has 0 radical (unpaired) electrons. The van der Waals surface area contributed by atoms with E-state index in [4.69, 9.17) is 0 Å². The number of halogens is 2. The Balaban J connectivity index is 2.25. The van der Waals surface area contributed by atoms with Gasteiger partial charge in [-0.1, -0.05) is 6.08 Å². The van der Waals surface area contributed by atoms with Crippen molar-refractivity contribution in [3.8, 4) is 0 Å². The maximum atomic E-state index is 13.0. The van der Waals surface area contributed by atoms with E-state index in [2.05, 4.69) is 0 Å². The zero-order chi connectivity index (χ0) is 11.5. The molecule has 0 aromatic heterocycles. The van der Waals surface area contributed by atoms with Crippen LogP contribution in [-0.2, 0) is 0 Å². The molecule has 16 heavy (non-hydrogen) atoms. The van der Waals surface area contributed by atoms with Crippen molar-refractivity contribution in [3.05, 3.63) is 47.0 Å². The summed E-state index contributed by atoms with van der Waals surface area (Å²) in [4.78, 5) is 0. The molecule has 1 aromatic carbocycles. The van der Waals surface area contributed by atoms with Gasteiger partial charge in [0.2, 0.25) is 0 Å². The first-order chi connectivity index (χ1) is 7.66.